The number of hydrogen-bond acceptors (Lipinski definition) is 3. The van der Waals surface area contributed by atoms with Gasteiger partial charge < -0.3 is 0 Å². The van der Waals surface area contributed by atoms with Gasteiger partial charge in [-0.1, -0.05) is 61.0 Å². The molecule has 3 nitrogen and oxygen atoms in total. The molecule has 0 bridgehead atoms. The average molecular weight is 391 g/mol. The molecule has 160 valence electrons. The molecule has 0 saturated carbocycles. The lowest BCUT2D eigenvalue weighted by molar-refractivity contribution is -0.397. The van der Waals surface area contributed by atoms with E-state index < -0.39 is 16.6 Å². The summed E-state index contributed by atoms with van der Waals surface area (Å²) in [4.78, 5) is 25.7. The molecule has 1 atom stereocenters. The Bertz CT molecular complexity index is 694. The Labute approximate surface area is 173 Å². The molecular formula is C25H42O3. The Morgan fingerprint density at radius 1 is 0.964 bits per heavy atom. The van der Waals surface area contributed by atoms with Gasteiger partial charge in [0.25, 0.3) is 0 Å². The van der Waals surface area contributed by atoms with Crippen LogP contribution in [0.3, 0.4) is 0 Å². The van der Waals surface area contributed by atoms with E-state index in [0.29, 0.717) is 5.92 Å². The number of carbonyl (C=O) groups is 1. The van der Waals surface area contributed by atoms with Crippen molar-refractivity contribution >= 4 is 5.78 Å². The standard InChI is InChI=1S/C25H42O3/c1-16(2)20(17(3)4)18-14-19(22(5,6)7)21(26)25(15-18,23(8,9)10)28-27-24(11,12)13/h14-16H,1-13H3. The lowest BCUT2D eigenvalue weighted by Crippen LogP contribution is -2.55. The molecule has 1 aliphatic rings. The third-order valence-electron chi connectivity index (χ3n) is 5.01. The minimum atomic E-state index is -1.19. The van der Waals surface area contributed by atoms with E-state index in [-0.39, 0.29) is 11.2 Å². The smallest absolute Gasteiger partial charge is 0.199 e. The first-order chi connectivity index (χ1) is 12.3. The van der Waals surface area contributed by atoms with Crippen LogP contribution in [-0.2, 0) is 14.6 Å². The van der Waals surface area contributed by atoms with E-state index in [9.17, 15) is 4.79 Å². The zero-order chi connectivity index (χ0) is 22.3. The minimum Gasteiger partial charge on any atom is -0.291 e. The van der Waals surface area contributed by atoms with Crippen LogP contribution in [0.4, 0.5) is 0 Å². The van der Waals surface area contributed by atoms with Crippen LogP contribution in [-0.4, -0.2) is 17.0 Å². The van der Waals surface area contributed by atoms with Crippen LogP contribution in [0.1, 0.15) is 90.0 Å². The van der Waals surface area contributed by atoms with E-state index in [1.165, 1.54) is 11.1 Å². The maximum Gasteiger partial charge on any atom is 0.199 e. The first-order valence-electron chi connectivity index (χ1n) is 10.4. The number of rotatable bonds is 4. The minimum absolute atomic E-state index is 0.0163. The maximum atomic E-state index is 13.8. The Kier molecular flexibility index (Phi) is 7.02. The van der Waals surface area contributed by atoms with Gasteiger partial charge in [0.05, 0.1) is 5.60 Å². The fraction of sp³-hybridized carbons (Fsp3) is 0.720. The van der Waals surface area contributed by atoms with Crippen molar-refractivity contribution in [1.82, 2.24) is 0 Å². The summed E-state index contributed by atoms with van der Waals surface area (Å²) in [5.41, 5.74) is 1.83. The summed E-state index contributed by atoms with van der Waals surface area (Å²) in [6.07, 6.45) is 4.06. The monoisotopic (exact) mass is 390 g/mol. The van der Waals surface area contributed by atoms with Crippen molar-refractivity contribution in [2.45, 2.75) is 101 Å². The Hall–Kier alpha value is -1.19. The van der Waals surface area contributed by atoms with Crippen molar-refractivity contribution in [3.63, 3.8) is 0 Å². The summed E-state index contributed by atoms with van der Waals surface area (Å²) >= 11 is 0. The molecule has 0 spiro atoms. The van der Waals surface area contributed by atoms with Crippen LogP contribution >= 0.6 is 0 Å². The second kappa shape index (κ2) is 7.91. The van der Waals surface area contributed by atoms with E-state index in [0.717, 1.165) is 11.1 Å². The quantitative estimate of drug-likeness (QED) is 0.383. The third kappa shape index (κ3) is 5.24. The van der Waals surface area contributed by atoms with Crippen molar-refractivity contribution < 1.29 is 14.6 Å². The first-order valence-corrected chi connectivity index (χ1v) is 10.4. The van der Waals surface area contributed by atoms with Gasteiger partial charge in [-0.3, -0.25) is 4.79 Å². The van der Waals surface area contributed by atoms with Crippen molar-refractivity contribution in [3.8, 4) is 0 Å². The van der Waals surface area contributed by atoms with E-state index in [1.807, 2.05) is 47.6 Å². The van der Waals surface area contributed by atoms with Crippen LogP contribution in [0, 0.1) is 16.7 Å². The van der Waals surface area contributed by atoms with Crippen LogP contribution in [0.15, 0.2) is 34.4 Å². The number of Topliss-reactive ketones (excluding diaryl/α,β-unsaturated/α-hetero) is 1. The largest absolute Gasteiger partial charge is 0.291 e. The van der Waals surface area contributed by atoms with Crippen LogP contribution in [0.5, 0.6) is 0 Å². The zero-order valence-electron chi connectivity index (χ0n) is 20.5. The summed E-state index contributed by atoms with van der Waals surface area (Å²) in [5, 5.41) is 0. The molecule has 1 aliphatic carbocycles. The fourth-order valence-electron chi connectivity index (χ4n) is 3.59. The molecule has 0 amide bonds. The second-order valence-corrected chi connectivity index (χ2v) is 11.6. The number of carbonyl (C=O) groups excluding carboxylic acids is 1. The van der Waals surface area contributed by atoms with Crippen LogP contribution < -0.4 is 0 Å². The molecule has 0 radical (unpaired) electrons. The second-order valence-electron chi connectivity index (χ2n) is 11.6. The predicted octanol–water partition coefficient (Wildman–Crippen LogP) is 6.99. The van der Waals surface area contributed by atoms with Crippen molar-refractivity contribution in [2.75, 3.05) is 0 Å². The fourth-order valence-corrected chi connectivity index (χ4v) is 3.59. The SMILES string of the molecule is CC(C)=C(C1=CC(OOC(C)(C)C)(C(C)(C)C)C(=O)C(C(C)(C)C)=C1)C(C)C. The average Bonchev–Trinajstić information content (AvgIpc) is 2.43. The molecule has 0 heterocycles. The molecular weight excluding hydrogens is 348 g/mol. The summed E-state index contributed by atoms with van der Waals surface area (Å²) < 4.78 is 0. The topological polar surface area (TPSA) is 35.5 Å². The molecule has 1 unspecified atom stereocenters. The molecule has 28 heavy (non-hydrogen) atoms. The Morgan fingerprint density at radius 2 is 1.46 bits per heavy atom. The molecule has 1 rings (SSSR count). The first kappa shape index (κ1) is 24.8. The van der Waals surface area contributed by atoms with E-state index >= 15 is 0 Å². The summed E-state index contributed by atoms with van der Waals surface area (Å²) in [6, 6.07) is 0. The predicted molar refractivity (Wildman–Crippen MR) is 118 cm³/mol. The van der Waals surface area contributed by atoms with Gasteiger partial charge in [-0.25, -0.2) is 9.78 Å². The molecule has 0 aromatic carbocycles. The summed E-state index contributed by atoms with van der Waals surface area (Å²) in [6.45, 7) is 26.8. The lowest BCUT2D eigenvalue weighted by atomic mass is 9.64. The highest BCUT2D eigenvalue weighted by Gasteiger charge is 2.54. The highest BCUT2D eigenvalue weighted by Crippen LogP contribution is 2.47. The van der Waals surface area contributed by atoms with Gasteiger partial charge in [0, 0.05) is 11.0 Å². The normalized spacial score (nSPS) is 21.6. The van der Waals surface area contributed by atoms with Gasteiger partial charge in [0.15, 0.2) is 11.4 Å². The zero-order valence-corrected chi connectivity index (χ0v) is 20.5. The molecule has 0 saturated heterocycles. The van der Waals surface area contributed by atoms with Crippen LogP contribution in [0.25, 0.3) is 0 Å². The summed E-state index contributed by atoms with van der Waals surface area (Å²) in [5.74, 6) is 0.320. The number of hydrogen-bond donors (Lipinski definition) is 0. The van der Waals surface area contributed by atoms with Crippen molar-refractivity contribution in [3.05, 3.63) is 34.4 Å². The highest BCUT2D eigenvalue weighted by atomic mass is 17.2. The van der Waals surface area contributed by atoms with E-state index in [4.69, 9.17) is 9.78 Å². The molecule has 3 heteroatoms. The third-order valence-corrected chi connectivity index (χ3v) is 5.01. The molecule has 0 aliphatic heterocycles. The van der Waals surface area contributed by atoms with Gasteiger partial charge in [0.2, 0.25) is 0 Å². The number of ketones is 1. The van der Waals surface area contributed by atoms with Gasteiger partial charge in [-0.05, 0) is 69.2 Å². The van der Waals surface area contributed by atoms with Gasteiger partial charge in [-0.15, -0.1) is 0 Å². The molecule has 0 N–H and O–H groups in total. The molecule has 0 aromatic heterocycles. The maximum absolute atomic E-state index is 13.8. The summed E-state index contributed by atoms with van der Waals surface area (Å²) in [7, 11) is 0. The van der Waals surface area contributed by atoms with E-state index in [2.05, 4.69) is 54.5 Å². The number of allylic oxidation sites excluding steroid dienone is 4. The Morgan fingerprint density at radius 3 is 1.79 bits per heavy atom. The Balaban J connectivity index is 3.85. The molecule has 0 aromatic rings. The highest BCUT2D eigenvalue weighted by molar-refractivity contribution is 6.07. The lowest BCUT2D eigenvalue weighted by Gasteiger charge is -2.45. The molecule has 0 fully saturated rings. The van der Waals surface area contributed by atoms with Crippen molar-refractivity contribution in [2.24, 2.45) is 16.7 Å². The van der Waals surface area contributed by atoms with Crippen molar-refractivity contribution in [1.29, 1.82) is 0 Å². The van der Waals surface area contributed by atoms with Gasteiger partial charge in [-0.2, -0.15) is 0 Å². The van der Waals surface area contributed by atoms with E-state index in [1.54, 1.807) is 0 Å². The van der Waals surface area contributed by atoms with Crippen LogP contribution in [0.2, 0.25) is 0 Å². The van der Waals surface area contributed by atoms with Gasteiger partial charge in [0.1, 0.15) is 0 Å². The van der Waals surface area contributed by atoms with Gasteiger partial charge >= 0.3 is 0 Å².